The van der Waals surface area contributed by atoms with Gasteiger partial charge in [0.15, 0.2) is 5.82 Å². The Morgan fingerprint density at radius 2 is 1.70 bits per heavy atom. The number of anilines is 1. The third-order valence-electron chi connectivity index (χ3n) is 4.80. The molecule has 2 aromatic carbocycles. The number of fused-ring (bicyclic) bond motifs is 1. The van der Waals surface area contributed by atoms with Crippen molar-refractivity contribution in [2.45, 2.75) is 20.8 Å². The van der Waals surface area contributed by atoms with E-state index in [-0.39, 0.29) is 20.6 Å². The van der Waals surface area contributed by atoms with Crippen molar-refractivity contribution in [3.8, 4) is 5.82 Å². The first-order valence-electron chi connectivity index (χ1n) is 9.15. The van der Waals surface area contributed by atoms with E-state index in [1.807, 2.05) is 45.0 Å². The van der Waals surface area contributed by atoms with Crippen LogP contribution in [0.3, 0.4) is 0 Å². The average Bonchev–Trinajstić information content (AvgIpc) is 3.06. The summed E-state index contributed by atoms with van der Waals surface area (Å²) >= 11 is 18.5. The zero-order valence-corrected chi connectivity index (χ0v) is 18.7. The molecule has 1 amide bonds. The number of halogens is 3. The Kier molecular flexibility index (Phi) is 5.45. The fourth-order valence-corrected chi connectivity index (χ4v) is 4.03. The molecule has 30 heavy (non-hydrogen) atoms. The van der Waals surface area contributed by atoms with Gasteiger partial charge in [-0.05, 0) is 50.1 Å². The summed E-state index contributed by atoms with van der Waals surface area (Å²) in [5, 5.41) is 8.97. The Labute approximate surface area is 188 Å². The number of nitrogens with zero attached hydrogens (tertiary/aromatic N) is 3. The highest BCUT2D eigenvalue weighted by molar-refractivity contribution is 6.46. The van der Waals surface area contributed by atoms with E-state index in [2.05, 4.69) is 10.4 Å². The minimum atomic E-state index is -0.484. The summed E-state index contributed by atoms with van der Waals surface area (Å²) in [6.07, 6.45) is 0. The second-order valence-corrected chi connectivity index (χ2v) is 8.22. The molecule has 2 heterocycles. The predicted molar refractivity (Wildman–Crippen MR) is 123 cm³/mol. The molecule has 0 saturated carbocycles. The topological polar surface area (TPSA) is 59.8 Å². The van der Waals surface area contributed by atoms with Gasteiger partial charge in [-0.15, -0.1) is 0 Å². The highest BCUT2D eigenvalue weighted by Crippen LogP contribution is 2.32. The number of pyridine rings is 1. The zero-order chi connectivity index (χ0) is 21.6. The zero-order valence-electron chi connectivity index (χ0n) is 16.4. The summed E-state index contributed by atoms with van der Waals surface area (Å²) in [5.41, 5.74) is 3.83. The molecule has 0 atom stereocenters. The van der Waals surface area contributed by atoms with Crippen molar-refractivity contribution in [2.24, 2.45) is 0 Å². The molecule has 0 aliphatic carbocycles. The van der Waals surface area contributed by atoms with Gasteiger partial charge < -0.3 is 5.32 Å². The summed E-state index contributed by atoms with van der Waals surface area (Å²) in [7, 11) is 0. The van der Waals surface area contributed by atoms with Crippen LogP contribution in [0.15, 0.2) is 42.5 Å². The molecule has 0 aliphatic rings. The average molecular weight is 460 g/mol. The van der Waals surface area contributed by atoms with Crippen LogP contribution >= 0.6 is 34.8 Å². The third-order valence-corrected chi connectivity index (χ3v) is 5.92. The summed E-state index contributed by atoms with van der Waals surface area (Å²) in [5.74, 6) is 0.563. The maximum Gasteiger partial charge on any atom is 0.259 e. The lowest BCUT2D eigenvalue weighted by atomic mass is 10.1. The number of amides is 1. The molecule has 0 unspecified atom stereocenters. The molecule has 0 aliphatic heterocycles. The number of carbonyl (C=O) groups excluding carboxylic acids is 1. The van der Waals surface area contributed by atoms with Gasteiger partial charge in [-0.2, -0.15) is 9.78 Å². The van der Waals surface area contributed by atoms with Crippen LogP contribution in [-0.2, 0) is 0 Å². The minimum absolute atomic E-state index is 0.0970. The first-order chi connectivity index (χ1) is 14.3. The molecular formula is C22H17Cl3N4O. The van der Waals surface area contributed by atoms with E-state index >= 15 is 0 Å². The van der Waals surface area contributed by atoms with E-state index in [1.165, 1.54) is 6.07 Å². The second-order valence-electron chi connectivity index (χ2n) is 7.02. The molecule has 1 N–H and O–H groups in total. The highest BCUT2D eigenvalue weighted by Gasteiger charge is 2.20. The van der Waals surface area contributed by atoms with Gasteiger partial charge in [0.25, 0.3) is 5.91 Å². The highest BCUT2D eigenvalue weighted by atomic mass is 35.5. The van der Waals surface area contributed by atoms with E-state index in [0.717, 1.165) is 27.7 Å². The number of carbonyl (C=O) groups is 1. The number of hydrogen-bond acceptors (Lipinski definition) is 3. The van der Waals surface area contributed by atoms with Crippen molar-refractivity contribution >= 4 is 57.4 Å². The SMILES string of the molecule is Cc1cc(NC(=O)c2c(Cl)ccc(Cl)c2Cl)n(-c2cc(C)c3cccc(C)c3n2)n1. The Hall–Kier alpha value is -2.60. The quantitative estimate of drug-likeness (QED) is 0.353. The van der Waals surface area contributed by atoms with Crippen molar-refractivity contribution in [3.05, 3.63) is 79.9 Å². The lowest BCUT2D eigenvalue weighted by Crippen LogP contribution is -2.16. The fraction of sp³-hybridized carbons (Fsp3) is 0.136. The maximum absolute atomic E-state index is 12.9. The van der Waals surface area contributed by atoms with Crippen LogP contribution < -0.4 is 5.32 Å². The van der Waals surface area contributed by atoms with Gasteiger partial charge >= 0.3 is 0 Å². The largest absolute Gasteiger partial charge is 0.306 e. The summed E-state index contributed by atoms with van der Waals surface area (Å²) < 4.78 is 1.60. The van der Waals surface area contributed by atoms with E-state index < -0.39 is 5.91 Å². The van der Waals surface area contributed by atoms with Crippen molar-refractivity contribution in [1.82, 2.24) is 14.8 Å². The molecule has 2 aromatic heterocycles. The van der Waals surface area contributed by atoms with Crippen LogP contribution in [0.4, 0.5) is 5.82 Å². The van der Waals surface area contributed by atoms with E-state index in [1.54, 1.807) is 16.8 Å². The van der Waals surface area contributed by atoms with Gasteiger partial charge in [0.2, 0.25) is 0 Å². The number of nitrogens with one attached hydrogen (secondary N) is 1. The molecule has 8 heteroatoms. The normalized spacial score (nSPS) is 11.1. The molecule has 0 saturated heterocycles. The Morgan fingerprint density at radius 3 is 2.47 bits per heavy atom. The van der Waals surface area contributed by atoms with Gasteiger partial charge in [0.1, 0.15) is 5.82 Å². The maximum atomic E-state index is 12.9. The lowest BCUT2D eigenvalue weighted by molar-refractivity contribution is 0.102. The number of benzene rings is 2. The van der Waals surface area contributed by atoms with E-state index in [0.29, 0.717) is 11.6 Å². The minimum Gasteiger partial charge on any atom is -0.306 e. The molecule has 4 aromatic rings. The molecule has 0 fully saturated rings. The molecule has 4 rings (SSSR count). The number of para-hydroxylation sites is 1. The Bertz CT molecular complexity index is 1310. The number of aryl methyl sites for hydroxylation is 3. The summed E-state index contributed by atoms with van der Waals surface area (Å²) in [4.78, 5) is 17.7. The number of rotatable bonds is 3. The molecular weight excluding hydrogens is 443 g/mol. The first kappa shape index (κ1) is 20.7. The van der Waals surface area contributed by atoms with Crippen LogP contribution in [0.1, 0.15) is 27.2 Å². The molecule has 0 bridgehead atoms. The Morgan fingerprint density at radius 1 is 0.967 bits per heavy atom. The van der Waals surface area contributed by atoms with Crippen molar-refractivity contribution < 1.29 is 4.79 Å². The number of hydrogen-bond donors (Lipinski definition) is 1. The summed E-state index contributed by atoms with van der Waals surface area (Å²) in [6, 6.07) is 12.8. The van der Waals surface area contributed by atoms with E-state index in [4.69, 9.17) is 39.8 Å². The fourth-order valence-electron chi connectivity index (χ4n) is 3.33. The van der Waals surface area contributed by atoms with Crippen LogP contribution in [0.25, 0.3) is 16.7 Å². The molecule has 0 radical (unpaired) electrons. The van der Waals surface area contributed by atoms with Gasteiger partial charge in [-0.25, -0.2) is 4.98 Å². The summed E-state index contributed by atoms with van der Waals surface area (Å²) in [6.45, 7) is 5.87. The van der Waals surface area contributed by atoms with Crippen LogP contribution in [0.2, 0.25) is 15.1 Å². The standard InChI is InChI=1S/C22H17Cl3N4O/c1-11-5-4-6-14-12(2)9-17(26-21(11)14)29-18(10-13(3)28-29)27-22(30)19-15(23)7-8-16(24)20(19)25/h4-10H,1-3H3,(H,27,30). The lowest BCUT2D eigenvalue weighted by Gasteiger charge is -2.13. The predicted octanol–water partition coefficient (Wildman–Crippen LogP) is 6.56. The van der Waals surface area contributed by atoms with E-state index in [9.17, 15) is 4.79 Å². The Balaban J connectivity index is 1.80. The van der Waals surface area contributed by atoms with Gasteiger partial charge in [0, 0.05) is 11.5 Å². The molecule has 152 valence electrons. The van der Waals surface area contributed by atoms with Crippen molar-refractivity contribution in [1.29, 1.82) is 0 Å². The molecule has 5 nitrogen and oxygen atoms in total. The van der Waals surface area contributed by atoms with Crippen LogP contribution in [-0.4, -0.2) is 20.7 Å². The van der Waals surface area contributed by atoms with Gasteiger partial charge in [-0.3, -0.25) is 4.79 Å². The van der Waals surface area contributed by atoms with Crippen LogP contribution in [0, 0.1) is 20.8 Å². The number of aromatic nitrogens is 3. The van der Waals surface area contributed by atoms with Crippen molar-refractivity contribution in [2.75, 3.05) is 5.32 Å². The smallest absolute Gasteiger partial charge is 0.259 e. The molecule has 0 spiro atoms. The first-order valence-corrected chi connectivity index (χ1v) is 10.3. The second kappa shape index (κ2) is 7.91. The van der Waals surface area contributed by atoms with Crippen LogP contribution in [0.5, 0.6) is 0 Å². The van der Waals surface area contributed by atoms with Gasteiger partial charge in [-0.1, -0.05) is 53.0 Å². The van der Waals surface area contributed by atoms with Crippen molar-refractivity contribution in [3.63, 3.8) is 0 Å². The monoisotopic (exact) mass is 458 g/mol. The third kappa shape index (κ3) is 3.65. The van der Waals surface area contributed by atoms with Gasteiger partial charge in [0.05, 0.1) is 31.8 Å².